The Morgan fingerprint density at radius 2 is 1.72 bits per heavy atom. The second kappa shape index (κ2) is 6.33. The van der Waals surface area contributed by atoms with Gasteiger partial charge >= 0.3 is 0 Å². The normalized spacial score (nSPS) is 18.1. The third-order valence-corrected chi connectivity index (χ3v) is 3.91. The van der Waals surface area contributed by atoms with Crippen LogP contribution in [0.3, 0.4) is 0 Å². The van der Waals surface area contributed by atoms with Crippen LogP contribution in [0.15, 0.2) is 18.2 Å². The van der Waals surface area contributed by atoms with Gasteiger partial charge in [0.1, 0.15) is 5.82 Å². The largest absolute Gasteiger partial charge is 0.294 e. The molecule has 1 aliphatic rings. The number of carbonyl (C=O) groups excluding carboxylic acids is 1. The molecule has 1 saturated carbocycles. The first kappa shape index (κ1) is 13.5. The van der Waals surface area contributed by atoms with Crippen molar-refractivity contribution in [3.63, 3.8) is 0 Å². The van der Waals surface area contributed by atoms with Gasteiger partial charge < -0.3 is 0 Å². The molecule has 0 radical (unpaired) electrons. The summed E-state index contributed by atoms with van der Waals surface area (Å²) < 4.78 is 13.7. The van der Waals surface area contributed by atoms with Crippen LogP contribution < -0.4 is 0 Å². The van der Waals surface area contributed by atoms with E-state index in [4.69, 9.17) is 11.6 Å². The molecule has 0 unspecified atom stereocenters. The topological polar surface area (TPSA) is 17.1 Å². The minimum atomic E-state index is -0.491. The molecule has 1 aliphatic carbocycles. The van der Waals surface area contributed by atoms with Gasteiger partial charge in [0.2, 0.25) is 0 Å². The van der Waals surface area contributed by atoms with E-state index >= 15 is 0 Å². The molecule has 18 heavy (non-hydrogen) atoms. The maximum absolute atomic E-state index is 13.7. The number of Topliss-reactive ketones (excluding diaryl/α,β-unsaturated/α-hetero) is 1. The van der Waals surface area contributed by atoms with Crippen LogP contribution >= 0.6 is 11.6 Å². The van der Waals surface area contributed by atoms with Crippen LogP contribution in [0, 0.1) is 11.7 Å². The molecule has 1 fully saturated rings. The van der Waals surface area contributed by atoms with Crippen molar-refractivity contribution >= 4 is 17.4 Å². The van der Waals surface area contributed by atoms with E-state index in [1.54, 1.807) is 6.07 Å². The smallest absolute Gasteiger partial charge is 0.168 e. The Kier molecular flexibility index (Phi) is 4.76. The minimum Gasteiger partial charge on any atom is -0.294 e. The van der Waals surface area contributed by atoms with Gasteiger partial charge in [0.15, 0.2) is 5.78 Å². The first-order valence-corrected chi connectivity index (χ1v) is 7.05. The van der Waals surface area contributed by atoms with Crippen molar-refractivity contribution in [2.24, 2.45) is 5.92 Å². The van der Waals surface area contributed by atoms with Crippen molar-refractivity contribution in [3.05, 3.63) is 34.6 Å². The molecule has 0 bridgehead atoms. The number of halogens is 2. The van der Waals surface area contributed by atoms with Crippen molar-refractivity contribution in [2.75, 3.05) is 0 Å². The predicted octanol–water partition coefficient (Wildman–Crippen LogP) is 5.02. The van der Waals surface area contributed by atoms with Crippen molar-refractivity contribution in [3.8, 4) is 0 Å². The summed E-state index contributed by atoms with van der Waals surface area (Å²) in [5, 5.41) is 0.335. The highest BCUT2D eigenvalue weighted by atomic mass is 35.5. The fraction of sp³-hybridized carbons (Fsp3) is 0.533. The zero-order valence-electron chi connectivity index (χ0n) is 10.4. The summed E-state index contributed by atoms with van der Waals surface area (Å²) in [5.74, 6) is -0.554. The van der Waals surface area contributed by atoms with Crippen LogP contribution in [0.5, 0.6) is 0 Å². The summed E-state index contributed by atoms with van der Waals surface area (Å²) >= 11 is 5.70. The van der Waals surface area contributed by atoms with Crippen molar-refractivity contribution in [1.82, 2.24) is 0 Å². The van der Waals surface area contributed by atoms with E-state index in [0.29, 0.717) is 5.02 Å². The number of hydrogen-bond acceptors (Lipinski definition) is 1. The van der Waals surface area contributed by atoms with Crippen molar-refractivity contribution in [1.29, 1.82) is 0 Å². The molecule has 2 rings (SSSR count). The van der Waals surface area contributed by atoms with Gasteiger partial charge in [-0.05, 0) is 31.0 Å². The Bertz CT molecular complexity index is 423. The number of carbonyl (C=O) groups is 1. The first-order chi connectivity index (χ1) is 8.68. The van der Waals surface area contributed by atoms with E-state index in [2.05, 4.69) is 0 Å². The highest BCUT2D eigenvalue weighted by Gasteiger charge is 2.23. The number of benzene rings is 1. The third kappa shape index (κ3) is 3.32. The van der Waals surface area contributed by atoms with Crippen molar-refractivity contribution in [2.45, 2.75) is 44.9 Å². The summed E-state index contributed by atoms with van der Waals surface area (Å²) in [6.07, 6.45) is 7.56. The number of rotatable bonds is 2. The van der Waals surface area contributed by atoms with Gasteiger partial charge in [0.25, 0.3) is 0 Å². The Hall–Kier alpha value is -0.890. The Labute approximate surface area is 112 Å². The van der Waals surface area contributed by atoms with Gasteiger partial charge in [-0.2, -0.15) is 0 Å². The van der Waals surface area contributed by atoms with E-state index in [0.717, 1.165) is 25.7 Å². The Morgan fingerprint density at radius 3 is 2.33 bits per heavy atom. The van der Waals surface area contributed by atoms with Crippen LogP contribution in [0.25, 0.3) is 0 Å². The molecule has 0 heterocycles. The van der Waals surface area contributed by atoms with Crippen LogP contribution in [0.1, 0.15) is 55.3 Å². The van der Waals surface area contributed by atoms with Gasteiger partial charge in [0.05, 0.1) is 5.56 Å². The first-order valence-electron chi connectivity index (χ1n) is 6.68. The fourth-order valence-electron chi connectivity index (χ4n) is 2.63. The molecule has 0 atom stereocenters. The molecule has 0 aromatic heterocycles. The number of hydrogen-bond donors (Lipinski definition) is 0. The van der Waals surface area contributed by atoms with E-state index < -0.39 is 5.82 Å². The van der Waals surface area contributed by atoms with Gasteiger partial charge in [-0.15, -0.1) is 0 Å². The second-order valence-corrected chi connectivity index (χ2v) is 5.47. The highest BCUT2D eigenvalue weighted by molar-refractivity contribution is 6.30. The molecule has 98 valence electrons. The molecule has 0 spiro atoms. The van der Waals surface area contributed by atoms with Gasteiger partial charge in [-0.25, -0.2) is 4.39 Å². The van der Waals surface area contributed by atoms with Crippen molar-refractivity contribution < 1.29 is 9.18 Å². The molecule has 1 aromatic carbocycles. The fourth-order valence-corrected chi connectivity index (χ4v) is 2.79. The zero-order valence-corrected chi connectivity index (χ0v) is 11.2. The highest BCUT2D eigenvalue weighted by Crippen LogP contribution is 2.27. The lowest BCUT2D eigenvalue weighted by Crippen LogP contribution is -2.17. The molecule has 1 aromatic rings. The van der Waals surface area contributed by atoms with Gasteiger partial charge in [-0.3, -0.25) is 4.79 Å². The lowest BCUT2D eigenvalue weighted by Gasteiger charge is -2.18. The SMILES string of the molecule is O=C(c1ccc(Cl)cc1F)C1CCCCCCC1. The van der Waals surface area contributed by atoms with E-state index in [1.165, 1.54) is 31.4 Å². The minimum absolute atomic E-state index is 0.0130. The summed E-state index contributed by atoms with van der Waals surface area (Å²) in [6.45, 7) is 0. The van der Waals surface area contributed by atoms with Crippen LogP contribution in [0.2, 0.25) is 5.02 Å². The molecular weight excluding hydrogens is 251 g/mol. The predicted molar refractivity (Wildman–Crippen MR) is 71.5 cm³/mol. The molecule has 1 nitrogen and oxygen atoms in total. The van der Waals surface area contributed by atoms with Crippen LogP contribution in [-0.2, 0) is 0 Å². The molecule has 3 heteroatoms. The summed E-state index contributed by atoms with van der Waals surface area (Å²) in [4.78, 5) is 12.3. The van der Waals surface area contributed by atoms with Gasteiger partial charge in [0, 0.05) is 10.9 Å². The Morgan fingerprint density at radius 1 is 1.11 bits per heavy atom. The summed E-state index contributed by atoms with van der Waals surface area (Å²) in [7, 11) is 0. The van der Waals surface area contributed by atoms with Crippen LogP contribution in [-0.4, -0.2) is 5.78 Å². The summed E-state index contributed by atoms with van der Waals surface area (Å²) in [5.41, 5.74) is 0.199. The third-order valence-electron chi connectivity index (χ3n) is 3.67. The standard InChI is InChI=1S/C15H18ClFO/c16-12-8-9-13(14(17)10-12)15(18)11-6-4-2-1-3-5-7-11/h8-11H,1-7H2. The van der Waals surface area contributed by atoms with Gasteiger partial charge in [-0.1, -0.05) is 43.7 Å². The van der Waals surface area contributed by atoms with E-state index in [9.17, 15) is 9.18 Å². The maximum atomic E-state index is 13.7. The molecule has 0 saturated heterocycles. The van der Waals surface area contributed by atoms with Crippen LogP contribution in [0.4, 0.5) is 4.39 Å². The zero-order chi connectivity index (χ0) is 13.0. The molecule has 0 N–H and O–H groups in total. The van der Waals surface area contributed by atoms with E-state index in [1.807, 2.05) is 0 Å². The molecule has 0 aliphatic heterocycles. The quantitative estimate of drug-likeness (QED) is 0.688. The average molecular weight is 269 g/mol. The molecule has 0 amide bonds. The maximum Gasteiger partial charge on any atom is 0.168 e. The number of ketones is 1. The lowest BCUT2D eigenvalue weighted by atomic mass is 9.85. The Balaban J connectivity index is 2.13. The monoisotopic (exact) mass is 268 g/mol. The summed E-state index contributed by atoms with van der Waals surface area (Å²) in [6, 6.07) is 4.32. The lowest BCUT2D eigenvalue weighted by molar-refractivity contribution is 0.0894. The average Bonchev–Trinajstić information content (AvgIpc) is 2.27. The van der Waals surface area contributed by atoms with E-state index in [-0.39, 0.29) is 17.3 Å². The molecular formula is C15H18ClFO. The second-order valence-electron chi connectivity index (χ2n) is 5.03.